The van der Waals surface area contributed by atoms with E-state index in [1.807, 2.05) is 36.4 Å². The van der Waals surface area contributed by atoms with Crippen LogP contribution in [0.25, 0.3) is 20.8 Å². The number of aromatic nitrogens is 1. The van der Waals surface area contributed by atoms with Crippen LogP contribution in [-0.2, 0) is 24.1 Å². The zero-order valence-electron chi connectivity index (χ0n) is 16.6. The van der Waals surface area contributed by atoms with Gasteiger partial charge in [-0.15, -0.1) is 22.7 Å². The SMILES string of the molecule is CC1CCc2c(sc(NC(=O)Cc3ccc(Cl)cc3)c2-c2nc3ccccc3s2)C1. The summed E-state index contributed by atoms with van der Waals surface area (Å²) in [4.78, 5) is 19.1. The lowest BCUT2D eigenvalue weighted by Gasteiger charge is -2.18. The molecular formula is C24H21ClN2OS2. The topological polar surface area (TPSA) is 42.0 Å². The lowest BCUT2D eigenvalue weighted by atomic mass is 9.88. The van der Waals surface area contributed by atoms with E-state index in [0.717, 1.165) is 39.5 Å². The highest BCUT2D eigenvalue weighted by Crippen LogP contribution is 2.47. The highest BCUT2D eigenvalue weighted by atomic mass is 35.5. The molecule has 6 heteroatoms. The number of thiophene rings is 1. The number of rotatable bonds is 4. The van der Waals surface area contributed by atoms with Gasteiger partial charge in [0.25, 0.3) is 0 Å². The van der Waals surface area contributed by atoms with E-state index < -0.39 is 0 Å². The highest BCUT2D eigenvalue weighted by Gasteiger charge is 2.27. The molecule has 0 spiro atoms. The van der Waals surface area contributed by atoms with Crippen LogP contribution in [0, 0.1) is 5.92 Å². The summed E-state index contributed by atoms with van der Waals surface area (Å²) in [6.45, 7) is 2.30. The van der Waals surface area contributed by atoms with Crippen molar-refractivity contribution in [3.63, 3.8) is 0 Å². The van der Waals surface area contributed by atoms with Crippen LogP contribution < -0.4 is 5.32 Å². The number of carbonyl (C=O) groups is 1. The second kappa shape index (κ2) is 8.14. The summed E-state index contributed by atoms with van der Waals surface area (Å²) in [5, 5.41) is 5.82. The summed E-state index contributed by atoms with van der Waals surface area (Å²) >= 11 is 9.40. The Hall–Kier alpha value is -2.21. The van der Waals surface area contributed by atoms with Crippen molar-refractivity contribution < 1.29 is 4.79 Å². The number of benzene rings is 2. The van der Waals surface area contributed by atoms with Crippen LogP contribution in [0.2, 0.25) is 5.02 Å². The minimum atomic E-state index is -0.00803. The van der Waals surface area contributed by atoms with Crippen LogP contribution in [0.15, 0.2) is 48.5 Å². The Balaban J connectivity index is 1.50. The Morgan fingerprint density at radius 3 is 2.77 bits per heavy atom. The molecule has 0 fully saturated rings. The van der Waals surface area contributed by atoms with E-state index in [1.165, 1.54) is 21.6 Å². The van der Waals surface area contributed by atoms with Gasteiger partial charge in [0, 0.05) is 15.5 Å². The fourth-order valence-electron chi connectivity index (χ4n) is 4.00. The molecule has 0 bridgehead atoms. The fraction of sp³-hybridized carbons (Fsp3) is 0.250. The average Bonchev–Trinajstić information content (AvgIpc) is 3.29. The smallest absolute Gasteiger partial charge is 0.229 e. The van der Waals surface area contributed by atoms with E-state index in [2.05, 4.69) is 24.4 Å². The van der Waals surface area contributed by atoms with Crippen LogP contribution in [0.5, 0.6) is 0 Å². The molecule has 152 valence electrons. The van der Waals surface area contributed by atoms with Gasteiger partial charge >= 0.3 is 0 Å². The zero-order valence-corrected chi connectivity index (χ0v) is 19.0. The summed E-state index contributed by atoms with van der Waals surface area (Å²) in [7, 11) is 0. The van der Waals surface area contributed by atoms with E-state index in [1.54, 1.807) is 22.7 Å². The number of para-hydroxylation sites is 1. The largest absolute Gasteiger partial charge is 0.317 e. The van der Waals surface area contributed by atoms with Gasteiger partial charge in [-0.3, -0.25) is 4.79 Å². The fourth-order valence-corrected chi connectivity index (χ4v) is 6.67. The number of anilines is 1. The Bertz CT molecular complexity index is 1190. The first kappa shape index (κ1) is 19.7. The molecule has 0 saturated heterocycles. The summed E-state index contributed by atoms with van der Waals surface area (Å²) in [6.07, 6.45) is 3.63. The predicted octanol–water partition coefficient (Wildman–Crippen LogP) is 6.98. The van der Waals surface area contributed by atoms with Crippen molar-refractivity contribution in [3.05, 3.63) is 69.6 Å². The van der Waals surface area contributed by atoms with Gasteiger partial charge in [0.15, 0.2) is 0 Å². The highest BCUT2D eigenvalue weighted by molar-refractivity contribution is 7.22. The molecule has 1 N–H and O–H groups in total. The molecule has 1 aliphatic carbocycles. The van der Waals surface area contributed by atoms with Gasteiger partial charge < -0.3 is 5.32 Å². The molecule has 2 aromatic carbocycles. The van der Waals surface area contributed by atoms with Crippen molar-refractivity contribution in [1.82, 2.24) is 4.98 Å². The lowest BCUT2D eigenvalue weighted by molar-refractivity contribution is -0.115. The van der Waals surface area contributed by atoms with E-state index in [0.29, 0.717) is 17.4 Å². The number of fused-ring (bicyclic) bond motifs is 2. The van der Waals surface area contributed by atoms with Gasteiger partial charge in [0.2, 0.25) is 5.91 Å². The maximum Gasteiger partial charge on any atom is 0.229 e. The molecule has 0 aliphatic heterocycles. The number of nitrogens with one attached hydrogen (secondary N) is 1. The standard InChI is InChI=1S/C24H21ClN2OS2/c1-14-6-11-17-20(12-14)30-24(27-21(28)13-15-7-9-16(25)10-8-15)22(17)23-26-18-4-2-3-5-19(18)29-23/h2-5,7-10,14H,6,11-13H2,1H3,(H,27,28). The minimum absolute atomic E-state index is 0.00803. The number of thiazole rings is 1. The quantitative estimate of drug-likeness (QED) is 0.362. The number of nitrogens with zero attached hydrogens (tertiary/aromatic N) is 1. The van der Waals surface area contributed by atoms with Gasteiger partial charge in [-0.2, -0.15) is 0 Å². The molecule has 2 aromatic heterocycles. The number of amides is 1. The average molecular weight is 453 g/mol. The summed E-state index contributed by atoms with van der Waals surface area (Å²) < 4.78 is 1.18. The third-order valence-corrected chi connectivity index (χ3v) is 8.03. The van der Waals surface area contributed by atoms with Crippen molar-refractivity contribution in [2.24, 2.45) is 5.92 Å². The van der Waals surface area contributed by atoms with Crippen molar-refractivity contribution in [3.8, 4) is 10.6 Å². The molecule has 2 heterocycles. The van der Waals surface area contributed by atoms with Gasteiger partial charge in [-0.05, 0) is 60.6 Å². The molecule has 1 aliphatic rings. The van der Waals surface area contributed by atoms with Crippen molar-refractivity contribution in [1.29, 1.82) is 0 Å². The normalized spacial score (nSPS) is 15.9. The molecule has 1 unspecified atom stereocenters. The number of carbonyl (C=O) groups excluding carboxylic acids is 1. The Morgan fingerprint density at radius 2 is 1.97 bits per heavy atom. The first-order chi connectivity index (χ1) is 14.6. The minimum Gasteiger partial charge on any atom is -0.317 e. The van der Waals surface area contributed by atoms with Crippen molar-refractivity contribution >= 4 is 55.4 Å². The van der Waals surface area contributed by atoms with Gasteiger partial charge in [-0.1, -0.05) is 42.8 Å². The monoisotopic (exact) mass is 452 g/mol. The molecule has 5 rings (SSSR count). The van der Waals surface area contributed by atoms with Gasteiger partial charge in [0.1, 0.15) is 10.0 Å². The Kier molecular flexibility index (Phi) is 5.35. The summed E-state index contributed by atoms with van der Waals surface area (Å²) in [5.41, 5.74) is 4.47. The molecule has 0 saturated carbocycles. The Labute approximate surface area is 188 Å². The maximum atomic E-state index is 12.8. The molecule has 3 nitrogen and oxygen atoms in total. The van der Waals surface area contributed by atoms with E-state index in [-0.39, 0.29) is 5.91 Å². The second-order valence-corrected chi connectivity index (χ2v) is 10.5. The molecule has 1 atom stereocenters. The summed E-state index contributed by atoms with van der Waals surface area (Å²) in [5.74, 6) is 0.670. The second-order valence-electron chi connectivity index (χ2n) is 7.89. The first-order valence-corrected chi connectivity index (χ1v) is 12.1. The number of halogens is 1. The van der Waals surface area contributed by atoms with Crippen molar-refractivity contribution in [2.45, 2.75) is 32.6 Å². The third-order valence-electron chi connectivity index (χ3n) is 5.55. The van der Waals surface area contributed by atoms with Crippen LogP contribution in [0.3, 0.4) is 0 Å². The predicted molar refractivity (Wildman–Crippen MR) is 128 cm³/mol. The zero-order chi connectivity index (χ0) is 20.7. The van der Waals surface area contributed by atoms with Crippen LogP contribution in [0.1, 0.15) is 29.3 Å². The molecular weight excluding hydrogens is 432 g/mol. The molecule has 1 amide bonds. The first-order valence-electron chi connectivity index (χ1n) is 10.1. The van der Waals surface area contributed by atoms with E-state index >= 15 is 0 Å². The van der Waals surface area contributed by atoms with Crippen LogP contribution >= 0.6 is 34.3 Å². The molecule has 0 radical (unpaired) electrons. The lowest BCUT2D eigenvalue weighted by Crippen LogP contribution is -2.14. The number of hydrogen-bond acceptors (Lipinski definition) is 4. The van der Waals surface area contributed by atoms with E-state index in [4.69, 9.17) is 16.6 Å². The van der Waals surface area contributed by atoms with Crippen molar-refractivity contribution in [2.75, 3.05) is 5.32 Å². The van der Waals surface area contributed by atoms with Crippen LogP contribution in [0.4, 0.5) is 5.00 Å². The Morgan fingerprint density at radius 1 is 1.17 bits per heavy atom. The summed E-state index contributed by atoms with van der Waals surface area (Å²) in [6, 6.07) is 15.7. The van der Waals surface area contributed by atoms with Gasteiger partial charge in [-0.25, -0.2) is 4.98 Å². The number of hydrogen-bond donors (Lipinski definition) is 1. The maximum absolute atomic E-state index is 12.8. The van der Waals surface area contributed by atoms with Crippen LogP contribution in [-0.4, -0.2) is 10.9 Å². The van der Waals surface area contributed by atoms with E-state index in [9.17, 15) is 4.79 Å². The molecule has 4 aromatic rings. The van der Waals surface area contributed by atoms with Gasteiger partial charge in [0.05, 0.1) is 16.6 Å². The third kappa shape index (κ3) is 3.89. The molecule has 30 heavy (non-hydrogen) atoms.